The zero-order chi connectivity index (χ0) is 20.0. The van der Waals surface area contributed by atoms with Crippen LogP contribution in [-0.2, 0) is 10.0 Å². The molecule has 0 saturated carbocycles. The van der Waals surface area contributed by atoms with Crippen LogP contribution in [0.5, 0.6) is 0 Å². The zero-order valence-electron chi connectivity index (χ0n) is 16.3. The van der Waals surface area contributed by atoms with Crippen molar-refractivity contribution in [3.63, 3.8) is 0 Å². The van der Waals surface area contributed by atoms with Crippen LogP contribution in [0.4, 0.5) is 5.69 Å². The highest BCUT2D eigenvalue weighted by Gasteiger charge is 2.22. The van der Waals surface area contributed by atoms with Gasteiger partial charge in [-0.1, -0.05) is 36.4 Å². The van der Waals surface area contributed by atoms with Gasteiger partial charge < -0.3 is 9.80 Å². The first kappa shape index (κ1) is 18.2. The third kappa shape index (κ3) is 3.09. The number of nitrogens with zero attached hydrogens (tertiary/aromatic N) is 3. The van der Waals surface area contributed by atoms with Gasteiger partial charge in [-0.25, -0.2) is 12.4 Å². The standard InChI is InChI=1S/C23H23N3O2S/c1-24-13-15-25(16-14-24)20-9-10-22-19(17-20)11-12-26(22)29(27,28)23-8-4-6-18-5-2-3-7-21(18)23/h2-12,17H,13-16H2,1H3. The average molecular weight is 406 g/mol. The predicted octanol–water partition coefficient (Wildman–Crippen LogP) is 3.78. The zero-order valence-corrected chi connectivity index (χ0v) is 17.1. The van der Waals surface area contributed by atoms with E-state index in [2.05, 4.69) is 22.9 Å². The van der Waals surface area contributed by atoms with Crippen molar-refractivity contribution >= 4 is 37.4 Å². The summed E-state index contributed by atoms with van der Waals surface area (Å²) in [4.78, 5) is 5.01. The molecule has 0 N–H and O–H groups in total. The fourth-order valence-electron chi connectivity index (χ4n) is 4.10. The molecule has 0 amide bonds. The number of rotatable bonds is 3. The number of likely N-dealkylation sites (N-methyl/N-ethyl adjacent to an activating group) is 1. The van der Waals surface area contributed by atoms with Crippen LogP contribution in [0.25, 0.3) is 21.7 Å². The Hall–Kier alpha value is -2.83. The number of hydrogen-bond donors (Lipinski definition) is 0. The Morgan fingerprint density at radius 1 is 0.793 bits per heavy atom. The Labute approximate surface area is 170 Å². The normalized spacial score (nSPS) is 16.0. The van der Waals surface area contributed by atoms with Crippen LogP contribution < -0.4 is 4.90 Å². The van der Waals surface area contributed by atoms with E-state index < -0.39 is 10.0 Å². The second-order valence-corrected chi connectivity index (χ2v) is 9.41. The second-order valence-electron chi connectivity index (χ2n) is 7.63. The molecule has 1 fully saturated rings. The molecule has 3 aromatic carbocycles. The largest absolute Gasteiger partial charge is 0.369 e. The molecule has 1 aliphatic heterocycles. The maximum Gasteiger partial charge on any atom is 0.268 e. The molecule has 1 aromatic heterocycles. The van der Waals surface area contributed by atoms with Crippen LogP contribution in [0.15, 0.2) is 77.8 Å². The fourth-order valence-corrected chi connectivity index (χ4v) is 5.67. The number of aromatic nitrogens is 1. The van der Waals surface area contributed by atoms with Crippen LogP contribution in [0, 0.1) is 0 Å². The van der Waals surface area contributed by atoms with Gasteiger partial charge in [0.25, 0.3) is 10.0 Å². The first-order chi connectivity index (χ1) is 14.0. The summed E-state index contributed by atoms with van der Waals surface area (Å²) in [5.74, 6) is 0. The van der Waals surface area contributed by atoms with Crippen LogP contribution >= 0.6 is 0 Å². The van der Waals surface area contributed by atoms with Gasteiger partial charge in [-0.05, 0) is 42.8 Å². The van der Waals surface area contributed by atoms with Crippen molar-refractivity contribution in [2.24, 2.45) is 0 Å². The van der Waals surface area contributed by atoms with Crippen LogP contribution in [0.2, 0.25) is 0 Å². The van der Waals surface area contributed by atoms with Crippen molar-refractivity contribution in [1.82, 2.24) is 8.87 Å². The molecule has 148 valence electrons. The first-order valence-electron chi connectivity index (χ1n) is 9.82. The minimum absolute atomic E-state index is 0.330. The van der Waals surface area contributed by atoms with Crippen LogP contribution in [0.3, 0.4) is 0 Å². The fraction of sp³-hybridized carbons (Fsp3) is 0.217. The van der Waals surface area contributed by atoms with E-state index in [9.17, 15) is 8.42 Å². The van der Waals surface area contributed by atoms with E-state index in [0.717, 1.165) is 48.0 Å². The third-order valence-corrected chi connectivity index (χ3v) is 7.54. The molecule has 0 bridgehead atoms. The van der Waals surface area contributed by atoms with Crippen molar-refractivity contribution in [3.8, 4) is 0 Å². The molecule has 29 heavy (non-hydrogen) atoms. The SMILES string of the molecule is CN1CCN(c2ccc3c(ccn3S(=O)(=O)c3cccc4ccccc34)c2)CC1. The van der Waals surface area contributed by atoms with Crippen molar-refractivity contribution in [2.75, 3.05) is 38.1 Å². The molecule has 0 radical (unpaired) electrons. The minimum Gasteiger partial charge on any atom is -0.369 e. The molecular weight excluding hydrogens is 382 g/mol. The molecule has 5 nitrogen and oxygen atoms in total. The van der Waals surface area contributed by atoms with Gasteiger partial charge in [-0.3, -0.25) is 0 Å². The second kappa shape index (κ2) is 6.90. The van der Waals surface area contributed by atoms with Crippen molar-refractivity contribution in [3.05, 3.63) is 72.9 Å². The topological polar surface area (TPSA) is 45.5 Å². The molecule has 1 saturated heterocycles. The summed E-state index contributed by atoms with van der Waals surface area (Å²) in [5.41, 5.74) is 1.85. The van der Waals surface area contributed by atoms with E-state index in [0.29, 0.717) is 10.4 Å². The lowest BCUT2D eigenvalue weighted by Gasteiger charge is -2.34. The summed E-state index contributed by atoms with van der Waals surface area (Å²) in [5, 5.41) is 2.60. The quantitative estimate of drug-likeness (QED) is 0.520. The molecule has 4 aromatic rings. The molecule has 1 aliphatic rings. The molecule has 0 atom stereocenters. The number of fused-ring (bicyclic) bond motifs is 2. The average Bonchev–Trinajstić information content (AvgIpc) is 3.18. The van der Waals surface area contributed by atoms with Crippen LogP contribution in [0.1, 0.15) is 0 Å². The summed E-state index contributed by atoms with van der Waals surface area (Å²) in [6, 6.07) is 20.9. The smallest absolute Gasteiger partial charge is 0.268 e. The summed E-state index contributed by atoms with van der Waals surface area (Å²) in [6.07, 6.45) is 1.66. The van der Waals surface area contributed by atoms with Gasteiger partial charge in [0.05, 0.1) is 10.4 Å². The van der Waals surface area contributed by atoms with Gasteiger partial charge in [-0.15, -0.1) is 0 Å². The lowest BCUT2D eigenvalue weighted by atomic mass is 10.1. The van der Waals surface area contributed by atoms with Crippen LogP contribution in [-0.4, -0.2) is 50.5 Å². The number of piperazine rings is 1. The van der Waals surface area contributed by atoms with Gasteiger partial charge in [0.1, 0.15) is 0 Å². The van der Waals surface area contributed by atoms with Gasteiger partial charge in [-0.2, -0.15) is 0 Å². The lowest BCUT2D eigenvalue weighted by molar-refractivity contribution is 0.313. The van der Waals surface area contributed by atoms with E-state index in [4.69, 9.17) is 0 Å². The number of hydrogen-bond acceptors (Lipinski definition) is 4. The lowest BCUT2D eigenvalue weighted by Crippen LogP contribution is -2.44. The summed E-state index contributed by atoms with van der Waals surface area (Å²) in [6.45, 7) is 4.04. The Morgan fingerprint density at radius 3 is 2.38 bits per heavy atom. The molecule has 0 aliphatic carbocycles. The van der Waals surface area contributed by atoms with Gasteiger partial charge in [0, 0.05) is 48.8 Å². The predicted molar refractivity (Wildman–Crippen MR) is 118 cm³/mol. The maximum absolute atomic E-state index is 13.5. The van der Waals surface area contributed by atoms with Crippen molar-refractivity contribution in [2.45, 2.75) is 4.90 Å². The highest BCUT2D eigenvalue weighted by molar-refractivity contribution is 7.90. The van der Waals surface area contributed by atoms with E-state index in [1.165, 1.54) is 3.97 Å². The number of benzene rings is 3. The monoisotopic (exact) mass is 405 g/mol. The summed E-state index contributed by atoms with van der Waals surface area (Å²) in [7, 11) is -1.56. The van der Waals surface area contributed by atoms with Gasteiger partial charge in [0.2, 0.25) is 0 Å². The van der Waals surface area contributed by atoms with Crippen molar-refractivity contribution in [1.29, 1.82) is 0 Å². The van der Waals surface area contributed by atoms with Crippen molar-refractivity contribution < 1.29 is 8.42 Å². The number of anilines is 1. The first-order valence-corrected chi connectivity index (χ1v) is 11.3. The Kier molecular flexibility index (Phi) is 4.33. The molecule has 2 heterocycles. The Bertz CT molecular complexity index is 1300. The Balaban J connectivity index is 1.58. The minimum atomic E-state index is -3.70. The van der Waals surface area contributed by atoms with E-state index in [-0.39, 0.29) is 0 Å². The highest BCUT2D eigenvalue weighted by atomic mass is 32.2. The molecule has 0 spiro atoms. The van der Waals surface area contributed by atoms with E-state index in [1.807, 2.05) is 48.5 Å². The summed E-state index contributed by atoms with van der Waals surface area (Å²) < 4.78 is 28.4. The van der Waals surface area contributed by atoms with E-state index >= 15 is 0 Å². The van der Waals surface area contributed by atoms with Gasteiger partial charge >= 0.3 is 0 Å². The van der Waals surface area contributed by atoms with E-state index in [1.54, 1.807) is 18.3 Å². The molecule has 5 rings (SSSR count). The summed E-state index contributed by atoms with van der Waals surface area (Å²) >= 11 is 0. The molecule has 6 heteroatoms. The highest BCUT2D eigenvalue weighted by Crippen LogP contribution is 2.30. The molecular formula is C23H23N3O2S. The van der Waals surface area contributed by atoms with Gasteiger partial charge in [0.15, 0.2) is 0 Å². The third-order valence-electron chi connectivity index (χ3n) is 5.79. The maximum atomic E-state index is 13.5. The molecule has 0 unspecified atom stereocenters. The Morgan fingerprint density at radius 2 is 1.55 bits per heavy atom.